The van der Waals surface area contributed by atoms with E-state index in [0.29, 0.717) is 0 Å². The third-order valence-electron chi connectivity index (χ3n) is 5.96. The highest BCUT2D eigenvalue weighted by Crippen LogP contribution is 2.56. The summed E-state index contributed by atoms with van der Waals surface area (Å²) in [5.41, 5.74) is -9.61. The van der Waals surface area contributed by atoms with E-state index in [4.69, 9.17) is 11.6 Å². The lowest BCUT2D eigenvalue weighted by atomic mass is 9.93. The Morgan fingerprint density at radius 2 is 1.44 bits per heavy atom. The van der Waals surface area contributed by atoms with Gasteiger partial charge in [-0.2, -0.15) is 36.0 Å². The summed E-state index contributed by atoms with van der Waals surface area (Å²) in [7, 11) is 1.58. The number of anilines is 2. The molecule has 15 heteroatoms. The van der Waals surface area contributed by atoms with E-state index in [-0.39, 0.29) is 11.3 Å². The van der Waals surface area contributed by atoms with Crippen molar-refractivity contribution in [2.75, 3.05) is 17.5 Å². The molecule has 3 aromatic rings. The quantitative estimate of drug-likeness (QED) is 0.176. The Hall–Kier alpha value is -3.39. The highest BCUT2D eigenvalue weighted by molar-refractivity contribution is 6.22. The van der Waals surface area contributed by atoms with Gasteiger partial charge in [0.25, 0.3) is 5.91 Å². The first-order valence-electron chi connectivity index (χ1n) is 11.1. The van der Waals surface area contributed by atoms with Gasteiger partial charge in [0.15, 0.2) is 0 Å². The number of rotatable bonds is 7. The van der Waals surface area contributed by atoms with Gasteiger partial charge in [0.05, 0.1) is 5.69 Å². The van der Waals surface area contributed by atoms with Crippen LogP contribution in [0.4, 0.5) is 42.1 Å². The molecule has 1 unspecified atom stereocenters. The molecule has 2 aromatic carbocycles. The molecule has 3 rings (SSSR count). The molecular formula is C24H22ClF7N4O3. The van der Waals surface area contributed by atoms with Crippen LogP contribution in [0.5, 0.6) is 0 Å². The largest absolute Gasteiger partial charge is 0.433 e. The molecule has 0 saturated carbocycles. The third-order valence-corrected chi connectivity index (χ3v) is 6.49. The van der Waals surface area contributed by atoms with Crippen molar-refractivity contribution in [2.45, 2.75) is 49.7 Å². The maximum Gasteiger partial charge on any atom is 0.433 e. The summed E-state index contributed by atoms with van der Waals surface area (Å²) in [6.45, 7) is 5.34. The standard InChI is InChI=1S/C24H22ClF7N4O3/c1-21(2,3)34(4)36(35-19(38)20(35)39)14-9-7-8-13(12-14)18(37)33-16-11-6-5-10-15(16)17(25)22(26,23(27,28)29)24(30,31)32/h5-12,17H,1-4H3,(H,33,37). The summed E-state index contributed by atoms with van der Waals surface area (Å²) < 4.78 is 95.0. The molecule has 0 fully saturated rings. The molecule has 0 saturated heterocycles. The van der Waals surface area contributed by atoms with Crippen molar-refractivity contribution in [1.29, 1.82) is 0 Å². The number of para-hydroxylation sites is 1. The Morgan fingerprint density at radius 3 is 1.92 bits per heavy atom. The SMILES string of the molecule is CN(N(c1cccc(C(=O)Nc2ccccc2C(Cl)C(F)(C(F)(F)F)C(F)(F)F)c1)n1c(=O)c1=O)C(C)(C)C. The lowest BCUT2D eigenvalue weighted by Crippen LogP contribution is -2.56. The molecule has 0 radical (unpaired) electrons. The van der Waals surface area contributed by atoms with Crippen LogP contribution in [0.1, 0.15) is 42.1 Å². The number of halogens is 8. The highest BCUT2D eigenvalue weighted by atomic mass is 35.5. The monoisotopic (exact) mass is 582 g/mol. The number of benzene rings is 2. The van der Waals surface area contributed by atoms with E-state index in [1.165, 1.54) is 40.5 Å². The number of nitrogens with zero attached hydrogens (tertiary/aromatic N) is 3. The Labute approximate surface area is 222 Å². The van der Waals surface area contributed by atoms with Gasteiger partial charge >= 0.3 is 29.1 Å². The fraction of sp³-hybridized carbons (Fsp3) is 0.375. The Bertz CT molecular complexity index is 1400. The van der Waals surface area contributed by atoms with Crippen molar-refractivity contribution < 1.29 is 35.5 Å². The molecule has 0 aliphatic heterocycles. The fourth-order valence-electron chi connectivity index (χ4n) is 3.47. The molecule has 0 spiro atoms. The average Bonchev–Trinajstić information content (AvgIpc) is 3.41. The number of hydrogen-bond donors (Lipinski definition) is 1. The molecule has 1 heterocycles. The molecule has 7 nitrogen and oxygen atoms in total. The van der Waals surface area contributed by atoms with Gasteiger partial charge in [0.1, 0.15) is 5.38 Å². The van der Waals surface area contributed by atoms with Crippen molar-refractivity contribution in [3.8, 4) is 0 Å². The van der Waals surface area contributed by atoms with E-state index in [9.17, 15) is 45.1 Å². The summed E-state index contributed by atoms with van der Waals surface area (Å²) in [5, 5.41) is 1.62. The molecular weight excluding hydrogens is 561 g/mol. The Kier molecular flexibility index (Phi) is 7.71. The lowest BCUT2D eigenvalue weighted by Gasteiger charge is -2.40. The first kappa shape index (κ1) is 30.2. The zero-order chi connectivity index (χ0) is 29.7. The van der Waals surface area contributed by atoms with Gasteiger partial charge in [-0.05, 0) is 50.6 Å². The molecule has 0 bridgehead atoms. The summed E-state index contributed by atoms with van der Waals surface area (Å²) in [6.07, 6.45) is -12.8. The van der Waals surface area contributed by atoms with Crippen molar-refractivity contribution in [2.24, 2.45) is 0 Å². The highest BCUT2D eigenvalue weighted by Gasteiger charge is 2.76. The molecule has 39 heavy (non-hydrogen) atoms. The van der Waals surface area contributed by atoms with Crippen molar-refractivity contribution in [3.63, 3.8) is 0 Å². The summed E-state index contributed by atoms with van der Waals surface area (Å²) in [6, 6.07) is 9.27. The van der Waals surface area contributed by atoms with Crippen LogP contribution in [0, 0.1) is 0 Å². The first-order chi connectivity index (χ1) is 17.7. The molecule has 1 amide bonds. The van der Waals surface area contributed by atoms with Crippen LogP contribution in [-0.4, -0.2) is 46.2 Å². The fourth-order valence-corrected chi connectivity index (χ4v) is 3.90. The zero-order valence-electron chi connectivity index (χ0n) is 20.8. The van der Waals surface area contributed by atoms with Gasteiger partial charge in [-0.25, -0.2) is 9.51 Å². The van der Waals surface area contributed by atoms with E-state index in [1.807, 2.05) is 0 Å². The van der Waals surface area contributed by atoms with Crippen molar-refractivity contribution in [3.05, 3.63) is 80.4 Å². The predicted octanol–water partition coefficient (Wildman–Crippen LogP) is 5.36. The van der Waals surface area contributed by atoms with Gasteiger partial charge in [-0.15, -0.1) is 11.6 Å². The predicted molar refractivity (Wildman–Crippen MR) is 130 cm³/mol. The summed E-state index contributed by atoms with van der Waals surface area (Å²) >= 11 is 5.48. The van der Waals surface area contributed by atoms with Crippen LogP contribution in [0.3, 0.4) is 0 Å². The van der Waals surface area contributed by atoms with Gasteiger partial charge in [0, 0.05) is 23.8 Å². The third kappa shape index (κ3) is 5.53. The van der Waals surface area contributed by atoms with Crippen molar-refractivity contribution >= 4 is 28.9 Å². The second kappa shape index (κ2) is 9.97. The summed E-state index contributed by atoms with van der Waals surface area (Å²) in [5.74, 6) is -1.00. The zero-order valence-corrected chi connectivity index (χ0v) is 21.5. The number of nitrogens with one attached hydrogen (secondary N) is 1. The van der Waals surface area contributed by atoms with E-state index < -0.39 is 57.2 Å². The second-order valence-electron chi connectivity index (χ2n) is 9.57. The second-order valence-corrected chi connectivity index (χ2v) is 10.0. The number of hydrazine groups is 1. The van der Waals surface area contributed by atoms with Gasteiger partial charge in [0.2, 0.25) is 0 Å². The van der Waals surface area contributed by atoms with Crippen LogP contribution < -0.4 is 21.6 Å². The maximum atomic E-state index is 14.6. The maximum absolute atomic E-state index is 14.6. The van der Waals surface area contributed by atoms with Crippen molar-refractivity contribution in [1.82, 2.24) is 9.69 Å². The number of hydrogen-bond acceptors (Lipinski definition) is 5. The van der Waals surface area contributed by atoms with Gasteiger partial charge < -0.3 is 5.32 Å². The lowest BCUT2D eigenvalue weighted by molar-refractivity contribution is -0.342. The van der Waals surface area contributed by atoms with E-state index in [1.54, 1.807) is 27.8 Å². The summed E-state index contributed by atoms with van der Waals surface area (Å²) in [4.78, 5) is 36.8. The Balaban J connectivity index is 2.00. The number of carbonyl (C=O) groups excluding carboxylic acids is 1. The minimum absolute atomic E-state index is 0.152. The first-order valence-corrected chi connectivity index (χ1v) is 11.6. The van der Waals surface area contributed by atoms with Crippen LogP contribution in [0.2, 0.25) is 0 Å². The molecule has 0 aliphatic carbocycles. The number of carbonyl (C=O) groups is 1. The minimum atomic E-state index is -6.42. The smallest absolute Gasteiger partial charge is 0.322 e. The Morgan fingerprint density at radius 1 is 0.897 bits per heavy atom. The molecule has 212 valence electrons. The van der Waals surface area contributed by atoms with Crippen LogP contribution in [0.25, 0.3) is 0 Å². The van der Waals surface area contributed by atoms with Crippen LogP contribution >= 0.6 is 11.6 Å². The van der Waals surface area contributed by atoms with E-state index in [0.717, 1.165) is 22.9 Å². The minimum Gasteiger partial charge on any atom is -0.322 e. The molecule has 0 aliphatic rings. The van der Waals surface area contributed by atoms with Crippen LogP contribution in [-0.2, 0) is 0 Å². The van der Waals surface area contributed by atoms with Gasteiger partial charge in [-0.3, -0.25) is 14.4 Å². The molecule has 1 N–H and O–H groups in total. The number of aromatic nitrogens is 1. The average molecular weight is 583 g/mol. The topological polar surface area (TPSA) is 74.7 Å². The number of alkyl halides is 8. The molecule has 1 aromatic heterocycles. The van der Waals surface area contributed by atoms with E-state index >= 15 is 0 Å². The van der Waals surface area contributed by atoms with Crippen LogP contribution in [0.15, 0.2) is 58.1 Å². The molecule has 1 atom stereocenters. The number of amides is 1. The normalized spacial score (nSPS) is 14.1. The van der Waals surface area contributed by atoms with E-state index in [2.05, 4.69) is 5.32 Å². The van der Waals surface area contributed by atoms with Gasteiger partial charge in [-0.1, -0.05) is 24.3 Å².